The van der Waals surface area contributed by atoms with Gasteiger partial charge in [0.25, 0.3) is 0 Å². The highest BCUT2D eigenvalue weighted by atomic mass is 79.9. The van der Waals surface area contributed by atoms with Crippen LogP contribution in [0.25, 0.3) is 0 Å². The number of hydrogen-bond donors (Lipinski definition) is 1. The molecule has 0 amide bonds. The van der Waals surface area contributed by atoms with Crippen LogP contribution >= 0.6 is 15.9 Å². The largest absolute Gasteiger partial charge is 0.508 e. The third kappa shape index (κ3) is 2.85. The first-order valence-corrected chi connectivity index (χ1v) is 6.50. The molecule has 1 heterocycles. The van der Waals surface area contributed by atoms with Crippen molar-refractivity contribution in [1.29, 1.82) is 0 Å². The lowest BCUT2D eigenvalue weighted by atomic mass is 10.3. The molecule has 2 aromatic rings. The number of hydrogen-bond acceptors (Lipinski definition) is 3. The molecule has 0 radical (unpaired) electrons. The van der Waals surface area contributed by atoms with Gasteiger partial charge in [0.05, 0.1) is 11.9 Å². The van der Waals surface area contributed by atoms with Gasteiger partial charge in [0.15, 0.2) is 4.73 Å². The molecular formula is C13H15BrN2O2. The van der Waals surface area contributed by atoms with Crippen LogP contribution in [0.1, 0.15) is 25.6 Å². The lowest BCUT2D eigenvalue weighted by Gasteiger charge is -2.14. The number of benzene rings is 1. The van der Waals surface area contributed by atoms with E-state index in [0.717, 1.165) is 10.4 Å². The minimum absolute atomic E-state index is 0.200. The molecule has 0 aliphatic carbocycles. The number of nitrogens with zero attached hydrogens (tertiary/aromatic N) is 2. The Morgan fingerprint density at radius 2 is 2.22 bits per heavy atom. The molecule has 96 valence electrons. The molecule has 0 aliphatic heterocycles. The number of phenols is 1. The van der Waals surface area contributed by atoms with Crippen molar-refractivity contribution in [1.82, 2.24) is 9.55 Å². The average Bonchev–Trinajstić information content (AvgIpc) is 2.68. The van der Waals surface area contributed by atoms with Crippen LogP contribution in [0.4, 0.5) is 0 Å². The van der Waals surface area contributed by atoms with E-state index in [0.29, 0.717) is 18.4 Å². The predicted molar refractivity (Wildman–Crippen MR) is 72.8 cm³/mol. The Kier molecular flexibility index (Phi) is 3.91. The van der Waals surface area contributed by atoms with E-state index >= 15 is 0 Å². The highest BCUT2D eigenvalue weighted by Gasteiger charge is 2.11. The fourth-order valence-corrected chi connectivity index (χ4v) is 2.49. The lowest BCUT2D eigenvalue weighted by Crippen LogP contribution is -2.08. The van der Waals surface area contributed by atoms with Gasteiger partial charge >= 0.3 is 0 Å². The number of imidazole rings is 1. The summed E-state index contributed by atoms with van der Waals surface area (Å²) in [6, 6.07) is 7.07. The molecule has 0 saturated carbocycles. The zero-order valence-corrected chi connectivity index (χ0v) is 11.9. The summed E-state index contributed by atoms with van der Waals surface area (Å²) in [5, 5.41) is 9.35. The van der Waals surface area contributed by atoms with E-state index in [-0.39, 0.29) is 5.75 Å². The third-order valence-electron chi connectivity index (χ3n) is 2.55. The molecule has 0 atom stereocenters. The Hall–Kier alpha value is -1.49. The number of halogens is 1. The normalized spacial score (nSPS) is 10.9. The van der Waals surface area contributed by atoms with E-state index in [4.69, 9.17) is 4.74 Å². The second-order valence-electron chi connectivity index (χ2n) is 4.27. The molecule has 18 heavy (non-hydrogen) atoms. The van der Waals surface area contributed by atoms with E-state index in [1.165, 1.54) is 0 Å². The van der Waals surface area contributed by atoms with Crippen LogP contribution in [0.15, 0.2) is 35.2 Å². The Labute approximate surface area is 114 Å². The standard InChI is InChI=1S/C13H15BrN2O2/c1-9(2)16-10(7-15-13(16)14)8-18-12-5-3-4-11(17)6-12/h3-7,9,17H,8H2,1-2H3. The minimum atomic E-state index is 0.200. The highest BCUT2D eigenvalue weighted by Crippen LogP contribution is 2.22. The molecule has 0 bridgehead atoms. The van der Waals surface area contributed by atoms with Gasteiger partial charge in [0.1, 0.15) is 18.1 Å². The van der Waals surface area contributed by atoms with E-state index in [1.807, 2.05) is 6.07 Å². The van der Waals surface area contributed by atoms with Crippen molar-refractivity contribution in [2.75, 3.05) is 0 Å². The first-order chi connectivity index (χ1) is 8.58. The summed E-state index contributed by atoms with van der Waals surface area (Å²) in [7, 11) is 0. The van der Waals surface area contributed by atoms with Gasteiger partial charge in [-0.15, -0.1) is 0 Å². The maximum atomic E-state index is 9.35. The summed E-state index contributed by atoms with van der Waals surface area (Å²) >= 11 is 3.41. The quantitative estimate of drug-likeness (QED) is 0.940. The van der Waals surface area contributed by atoms with Crippen molar-refractivity contribution in [3.63, 3.8) is 0 Å². The molecule has 1 aromatic heterocycles. The molecule has 0 saturated heterocycles. The van der Waals surface area contributed by atoms with Crippen LogP contribution in [-0.4, -0.2) is 14.7 Å². The van der Waals surface area contributed by atoms with Crippen LogP contribution in [0.3, 0.4) is 0 Å². The molecule has 0 fully saturated rings. The van der Waals surface area contributed by atoms with Crippen LogP contribution in [0.5, 0.6) is 11.5 Å². The molecule has 1 aromatic carbocycles. The van der Waals surface area contributed by atoms with Crippen LogP contribution in [0, 0.1) is 0 Å². The maximum Gasteiger partial charge on any atom is 0.177 e. The smallest absolute Gasteiger partial charge is 0.177 e. The highest BCUT2D eigenvalue weighted by molar-refractivity contribution is 9.10. The van der Waals surface area contributed by atoms with Gasteiger partial charge in [0.2, 0.25) is 0 Å². The van der Waals surface area contributed by atoms with Crippen molar-refractivity contribution in [3.8, 4) is 11.5 Å². The Balaban J connectivity index is 2.11. The van der Waals surface area contributed by atoms with Crippen molar-refractivity contribution < 1.29 is 9.84 Å². The maximum absolute atomic E-state index is 9.35. The molecule has 0 unspecified atom stereocenters. The van der Waals surface area contributed by atoms with E-state index in [9.17, 15) is 5.11 Å². The zero-order valence-electron chi connectivity index (χ0n) is 10.3. The van der Waals surface area contributed by atoms with E-state index < -0.39 is 0 Å². The minimum Gasteiger partial charge on any atom is -0.508 e. The topological polar surface area (TPSA) is 47.3 Å². The molecule has 0 spiro atoms. The van der Waals surface area contributed by atoms with Crippen molar-refractivity contribution >= 4 is 15.9 Å². The van der Waals surface area contributed by atoms with Crippen LogP contribution < -0.4 is 4.74 Å². The van der Waals surface area contributed by atoms with E-state index in [2.05, 4.69) is 39.3 Å². The van der Waals surface area contributed by atoms with Gasteiger partial charge in [-0.25, -0.2) is 4.98 Å². The molecule has 0 aliphatic rings. The Morgan fingerprint density at radius 1 is 1.44 bits per heavy atom. The first-order valence-electron chi connectivity index (χ1n) is 5.71. The summed E-state index contributed by atoms with van der Waals surface area (Å²) in [6.45, 7) is 4.59. The summed E-state index contributed by atoms with van der Waals surface area (Å²) in [5.74, 6) is 0.841. The van der Waals surface area contributed by atoms with Gasteiger partial charge in [-0.05, 0) is 41.9 Å². The fraction of sp³-hybridized carbons (Fsp3) is 0.308. The molecule has 5 heteroatoms. The Morgan fingerprint density at radius 3 is 2.89 bits per heavy atom. The Bertz CT molecular complexity index is 538. The number of rotatable bonds is 4. The molecule has 4 nitrogen and oxygen atoms in total. The summed E-state index contributed by atoms with van der Waals surface area (Å²) in [4.78, 5) is 4.22. The predicted octanol–water partition coefficient (Wildman–Crippen LogP) is 3.51. The first kappa shape index (κ1) is 13.0. The second-order valence-corrected chi connectivity index (χ2v) is 4.98. The second kappa shape index (κ2) is 5.44. The lowest BCUT2D eigenvalue weighted by molar-refractivity contribution is 0.290. The number of ether oxygens (including phenoxy) is 1. The summed E-state index contributed by atoms with van der Waals surface area (Å²) < 4.78 is 8.49. The number of phenolic OH excluding ortho intramolecular Hbond substituents is 1. The van der Waals surface area contributed by atoms with Gasteiger partial charge in [-0.3, -0.25) is 0 Å². The van der Waals surface area contributed by atoms with E-state index in [1.54, 1.807) is 24.4 Å². The zero-order chi connectivity index (χ0) is 13.1. The fourth-order valence-electron chi connectivity index (χ4n) is 1.75. The monoisotopic (exact) mass is 310 g/mol. The van der Waals surface area contributed by atoms with Gasteiger partial charge in [-0.2, -0.15) is 0 Å². The van der Waals surface area contributed by atoms with Gasteiger partial charge < -0.3 is 14.4 Å². The van der Waals surface area contributed by atoms with Gasteiger partial charge in [0, 0.05) is 12.1 Å². The summed E-state index contributed by atoms with van der Waals surface area (Å²) in [6.07, 6.45) is 1.78. The van der Waals surface area contributed by atoms with Crippen molar-refractivity contribution in [3.05, 3.63) is 40.9 Å². The van der Waals surface area contributed by atoms with Crippen molar-refractivity contribution in [2.24, 2.45) is 0 Å². The molecule has 2 rings (SSSR count). The van der Waals surface area contributed by atoms with Crippen LogP contribution in [-0.2, 0) is 6.61 Å². The summed E-state index contributed by atoms with van der Waals surface area (Å²) in [5.41, 5.74) is 0.986. The third-order valence-corrected chi connectivity index (χ3v) is 3.14. The van der Waals surface area contributed by atoms with Crippen molar-refractivity contribution in [2.45, 2.75) is 26.5 Å². The molecular weight excluding hydrogens is 296 g/mol. The number of aromatic hydroxyl groups is 1. The number of aromatic nitrogens is 2. The van der Waals surface area contributed by atoms with Crippen LogP contribution in [0.2, 0.25) is 0 Å². The molecule has 1 N–H and O–H groups in total. The average molecular weight is 311 g/mol. The van der Waals surface area contributed by atoms with Gasteiger partial charge in [-0.1, -0.05) is 6.07 Å². The SMILES string of the molecule is CC(C)n1c(COc2cccc(O)c2)cnc1Br.